The monoisotopic (exact) mass is 270 g/mol. The standard InChI is InChI=1S/C14H10N2O4/c17-8-20-7-16-12-5-9(14(18)19)1-2-10(12)11-3-4-15-6-13(11)16/h1-6,8H,7H2,(H,18,19). The number of aromatic nitrogens is 2. The predicted octanol–water partition coefficient (Wildman–Crippen LogP) is 2.02. The molecule has 0 bridgehead atoms. The third-order valence-corrected chi connectivity index (χ3v) is 3.19. The SMILES string of the molecule is O=COCn1c2cnccc2c2ccc(C(=O)O)cc21. The molecule has 20 heavy (non-hydrogen) atoms. The number of pyridine rings is 1. The van der Waals surface area contributed by atoms with Crippen LogP contribution in [-0.4, -0.2) is 27.1 Å². The summed E-state index contributed by atoms with van der Waals surface area (Å²) in [5.74, 6) is -1.00. The molecule has 1 aromatic carbocycles. The van der Waals surface area contributed by atoms with Crippen molar-refractivity contribution in [2.75, 3.05) is 0 Å². The molecule has 100 valence electrons. The molecular formula is C14H10N2O4. The third-order valence-electron chi connectivity index (χ3n) is 3.19. The van der Waals surface area contributed by atoms with Crippen LogP contribution in [0.25, 0.3) is 21.8 Å². The summed E-state index contributed by atoms with van der Waals surface area (Å²) in [6.07, 6.45) is 3.32. The molecule has 3 aromatic rings. The van der Waals surface area contributed by atoms with Crippen LogP contribution in [0.1, 0.15) is 10.4 Å². The van der Waals surface area contributed by atoms with Gasteiger partial charge in [-0.05, 0) is 18.2 Å². The number of carboxylic acid groups (broad SMARTS) is 1. The lowest BCUT2D eigenvalue weighted by Crippen LogP contribution is -2.02. The molecule has 0 atom stereocenters. The lowest BCUT2D eigenvalue weighted by atomic mass is 10.1. The maximum atomic E-state index is 11.1. The van der Waals surface area contributed by atoms with Crippen LogP contribution in [0.5, 0.6) is 0 Å². The summed E-state index contributed by atoms with van der Waals surface area (Å²) in [4.78, 5) is 25.5. The number of carboxylic acids is 1. The summed E-state index contributed by atoms with van der Waals surface area (Å²) in [5.41, 5.74) is 1.65. The highest BCUT2D eigenvalue weighted by molar-refractivity contribution is 6.09. The molecule has 0 saturated carbocycles. The van der Waals surface area contributed by atoms with E-state index in [0.717, 1.165) is 16.3 Å². The van der Waals surface area contributed by atoms with Crippen LogP contribution >= 0.6 is 0 Å². The van der Waals surface area contributed by atoms with Crippen LogP contribution in [0, 0.1) is 0 Å². The number of carbonyl (C=O) groups excluding carboxylic acids is 1. The number of nitrogens with zero attached hydrogens (tertiary/aromatic N) is 2. The number of hydrogen-bond acceptors (Lipinski definition) is 4. The Balaban J connectivity index is 2.35. The van der Waals surface area contributed by atoms with E-state index in [1.807, 2.05) is 6.07 Å². The van der Waals surface area contributed by atoms with Gasteiger partial charge in [0.05, 0.1) is 22.8 Å². The van der Waals surface area contributed by atoms with Gasteiger partial charge in [0.2, 0.25) is 0 Å². The van der Waals surface area contributed by atoms with Crippen LogP contribution in [0.4, 0.5) is 0 Å². The van der Waals surface area contributed by atoms with E-state index in [1.54, 1.807) is 35.2 Å². The van der Waals surface area contributed by atoms with Crippen LogP contribution in [0.2, 0.25) is 0 Å². The summed E-state index contributed by atoms with van der Waals surface area (Å²) in [6.45, 7) is 0.368. The van der Waals surface area contributed by atoms with Gasteiger partial charge in [0, 0.05) is 17.0 Å². The molecule has 3 rings (SSSR count). The summed E-state index contributed by atoms with van der Waals surface area (Å²) < 4.78 is 6.52. The molecule has 0 fully saturated rings. The van der Waals surface area contributed by atoms with Crippen molar-refractivity contribution in [3.05, 3.63) is 42.2 Å². The van der Waals surface area contributed by atoms with E-state index in [0.29, 0.717) is 12.0 Å². The van der Waals surface area contributed by atoms with Crippen molar-refractivity contribution in [2.45, 2.75) is 6.73 Å². The summed E-state index contributed by atoms with van der Waals surface area (Å²) >= 11 is 0. The first-order valence-corrected chi connectivity index (χ1v) is 5.87. The first kappa shape index (κ1) is 12.2. The van der Waals surface area contributed by atoms with Gasteiger partial charge in [-0.1, -0.05) is 6.07 Å². The van der Waals surface area contributed by atoms with Gasteiger partial charge in [0.15, 0.2) is 6.73 Å². The Morgan fingerprint density at radius 3 is 2.85 bits per heavy atom. The number of aromatic carboxylic acids is 1. The topological polar surface area (TPSA) is 81.4 Å². The lowest BCUT2D eigenvalue weighted by molar-refractivity contribution is -0.131. The van der Waals surface area contributed by atoms with Crippen molar-refractivity contribution >= 4 is 34.2 Å². The second-order valence-electron chi connectivity index (χ2n) is 4.25. The van der Waals surface area contributed by atoms with E-state index in [4.69, 9.17) is 9.84 Å². The average Bonchev–Trinajstić information content (AvgIpc) is 2.78. The Morgan fingerprint density at radius 1 is 1.30 bits per heavy atom. The Bertz CT molecular complexity index is 823. The normalized spacial score (nSPS) is 10.8. The van der Waals surface area contributed by atoms with E-state index in [2.05, 4.69) is 4.98 Å². The van der Waals surface area contributed by atoms with Gasteiger partial charge in [-0.15, -0.1) is 0 Å². The molecule has 0 amide bonds. The summed E-state index contributed by atoms with van der Waals surface area (Å²) in [5, 5.41) is 10.9. The van der Waals surface area contributed by atoms with Gasteiger partial charge in [0.1, 0.15) is 0 Å². The molecule has 0 unspecified atom stereocenters. The third kappa shape index (κ3) is 1.78. The molecule has 0 saturated heterocycles. The fourth-order valence-electron chi connectivity index (χ4n) is 2.32. The predicted molar refractivity (Wildman–Crippen MR) is 71.3 cm³/mol. The fraction of sp³-hybridized carbons (Fsp3) is 0.0714. The van der Waals surface area contributed by atoms with Gasteiger partial charge in [-0.3, -0.25) is 9.78 Å². The van der Waals surface area contributed by atoms with Gasteiger partial charge in [-0.25, -0.2) is 4.79 Å². The zero-order valence-corrected chi connectivity index (χ0v) is 10.3. The Morgan fingerprint density at radius 2 is 2.10 bits per heavy atom. The number of benzene rings is 1. The highest BCUT2D eigenvalue weighted by Gasteiger charge is 2.13. The van der Waals surface area contributed by atoms with Crippen molar-refractivity contribution in [3.63, 3.8) is 0 Å². The maximum Gasteiger partial charge on any atom is 0.335 e. The fourth-order valence-corrected chi connectivity index (χ4v) is 2.32. The first-order valence-electron chi connectivity index (χ1n) is 5.87. The highest BCUT2D eigenvalue weighted by Crippen LogP contribution is 2.29. The van der Waals surface area contributed by atoms with Crippen LogP contribution in [-0.2, 0) is 16.3 Å². The zero-order valence-electron chi connectivity index (χ0n) is 10.3. The number of hydrogen-bond donors (Lipinski definition) is 1. The number of carbonyl (C=O) groups is 2. The van der Waals surface area contributed by atoms with Crippen molar-refractivity contribution in [1.29, 1.82) is 0 Å². The van der Waals surface area contributed by atoms with E-state index in [9.17, 15) is 9.59 Å². The van der Waals surface area contributed by atoms with Crippen molar-refractivity contribution in [2.24, 2.45) is 0 Å². The lowest BCUT2D eigenvalue weighted by Gasteiger charge is -2.05. The van der Waals surface area contributed by atoms with E-state index in [-0.39, 0.29) is 12.3 Å². The van der Waals surface area contributed by atoms with Crippen LogP contribution in [0.3, 0.4) is 0 Å². The average molecular weight is 270 g/mol. The minimum absolute atomic E-state index is 0.0122. The highest BCUT2D eigenvalue weighted by atomic mass is 16.5. The molecule has 0 aliphatic heterocycles. The minimum Gasteiger partial charge on any atom is -0.478 e. The van der Waals surface area contributed by atoms with Crippen molar-refractivity contribution in [3.8, 4) is 0 Å². The number of fused-ring (bicyclic) bond motifs is 3. The van der Waals surface area contributed by atoms with Crippen molar-refractivity contribution in [1.82, 2.24) is 9.55 Å². The Labute approximate surface area is 113 Å². The second kappa shape index (κ2) is 4.65. The van der Waals surface area contributed by atoms with Gasteiger partial charge >= 0.3 is 5.97 Å². The molecule has 6 nitrogen and oxygen atoms in total. The second-order valence-corrected chi connectivity index (χ2v) is 4.25. The molecule has 6 heteroatoms. The zero-order chi connectivity index (χ0) is 14.1. The maximum absolute atomic E-state index is 11.1. The number of rotatable bonds is 4. The molecular weight excluding hydrogens is 260 g/mol. The molecule has 0 aliphatic rings. The summed E-state index contributed by atoms with van der Waals surface area (Å²) in [6, 6.07) is 6.70. The van der Waals surface area contributed by atoms with E-state index >= 15 is 0 Å². The van der Waals surface area contributed by atoms with Crippen LogP contribution < -0.4 is 0 Å². The van der Waals surface area contributed by atoms with Gasteiger partial charge in [-0.2, -0.15) is 0 Å². The van der Waals surface area contributed by atoms with E-state index in [1.165, 1.54) is 0 Å². The van der Waals surface area contributed by atoms with Gasteiger partial charge < -0.3 is 14.4 Å². The number of ether oxygens (including phenoxy) is 1. The molecule has 0 aliphatic carbocycles. The first-order chi connectivity index (χ1) is 9.72. The molecule has 2 aromatic heterocycles. The molecule has 0 spiro atoms. The minimum atomic E-state index is -1.00. The molecule has 2 heterocycles. The smallest absolute Gasteiger partial charge is 0.335 e. The molecule has 1 N–H and O–H groups in total. The summed E-state index contributed by atoms with van der Waals surface area (Å²) in [7, 11) is 0. The van der Waals surface area contributed by atoms with Gasteiger partial charge in [0.25, 0.3) is 6.47 Å². The Kier molecular flexibility index (Phi) is 2.83. The quantitative estimate of drug-likeness (QED) is 0.733. The Hall–Kier alpha value is -2.89. The van der Waals surface area contributed by atoms with Crippen molar-refractivity contribution < 1.29 is 19.4 Å². The van der Waals surface area contributed by atoms with E-state index < -0.39 is 5.97 Å². The van der Waals surface area contributed by atoms with Crippen LogP contribution in [0.15, 0.2) is 36.7 Å². The molecule has 0 radical (unpaired) electrons. The largest absolute Gasteiger partial charge is 0.478 e.